The zero-order valence-corrected chi connectivity index (χ0v) is 12.9. The van der Waals surface area contributed by atoms with Crippen molar-refractivity contribution in [3.05, 3.63) is 42.0 Å². The first-order valence-electron chi connectivity index (χ1n) is 7.45. The minimum atomic E-state index is 0.503. The van der Waals surface area contributed by atoms with Crippen LogP contribution in [0.1, 0.15) is 32.8 Å². The normalized spacial score (nSPS) is 14.2. The van der Waals surface area contributed by atoms with Gasteiger partial charge in [-0.05, 0) is 29.7 Å². The maximum atomic E-state index is 5.53. The lowest BCUT2D eigenvalue weighted by Crippen LogP contribution is -2.31. The molecule has 20 heavy (non-hydrogen) atoms. The van der Waals surface area contributed by atoms with Gasteiger partial charge in [0.05, 0.1) is 7.11 Å². The highest BCUT2D eigenvalue weighted by Gasteiger charge is 2.12. The Kier molecular flexibility index (Phi) is 5.02. The molecule has 0 aliphatic rings. The van der Waals surface area contributed by atoms with Crippen molar-refractivity contribution in [2.24, 2.45) is 5.92 Å². The van der Waals surface area contributed by atoms with E-state index in [0.717, 1.165) is 12.3 Å². The molecular formula is C18H25NO. The molecule has 2 atom stereocenters. The molecular weight excluding hydrogens is 246 g/mol. The Morgan fingerprint density at radius 3 is 2.55 bits per heavy atom. The molecule has 0 fully saturated rings. The van der Waals surface area contributed by atoms with E-state index in [1.54, 1.807) is 7.11 Å². The van der Waals surface area contributed by atoms with E-state index in [-0.39, 0.29) is 0 Å². The molecule has 0 radical (unpaired) electrons. The number of fused-ring (bicyclic) bond motifs is 1. The third-order valence-electron chi connectivity index (χ3n) is 4.32. The zero-order valence-electron chi connectivity index (χ0n) is 12.9. The summed E-state index contributed by atoms with van der Waals surface area (Å²) >= 11 is 0. The average molecular weight is 271 g/mol. The lowest BCUT2D eigenvalue weighted by Gasteiger charge is -2.21. The summed E-state index contributed by atoms with van der Waals surface area (Å²) < 4.78 is 5.53. The highest BCUT2D eigenvalue weighted by atomic mass is 16.5. The Hall–Kier alpha value is -1.54. The van der Waals surface area contributed by atoms with Gasteiger partial charge < -0.3 is 10.1 Å². The fourth-order valence-electron chi connectivity index (χ4n) is 2.51. The molecule has 0 spiro atoms. The van der Waals surface area contributed by atoms with Crippen molar-refractivity contribution in [3.63, 3.8) is 0 Å². The molecule has 2 unspecified atom stereocenters. The molecule has 2 heteroatoms. The van der Waals surface area contributed by atoms with Gasteiger partial charge in [-0.25, -0.2) is 0 Å². The van der Waals surface area contributed by atoms with Gasteiger partial charge in [0.15, 0.2) is 0 Å². The van der Waals surface area contributed by atoms with Gasteiger partial charge >= 0.3 is 0 Å². The second-order valence-corrected chi connectivity index (χ2v) is 5.52. The predicted octanol–water partition coefficient (Wildman–Crippen LogP) is 4.37. The first kappa shape index (κ1) is 14.9. The molecule has 0 bridgehead atoms. The van der Waals surface area contributed by atoms with Crippen molar-refractivity contribution in [1.29, 1.82) is 0 Å². The van der Waals surface area contributed by atoms with Crippen molar-refractivity contribution >= 4 is 10.8 Å². The SMILES string of the molecule is CCC(C)C(C)NCc1c(OC)ccc2ccccc12. The lowest BCUT2D eigenvalue weighted by molar-refractivity contribution is 0.379. The molecule has 2 nitrogen and oxygen atoms in total. The summed E-state index contributed by atoms with van der Waals surface area (Å²) in [6.07, 6.45) is 1.20. The first-order valence-corrected chi connectivity index (χ1v) is 7.45. The van der Waals surface area contributed by atoms with Crippen molar-refractivity contribution < 1.29 is 4.74 Å². The first-order chi connectivity index (χ1) is 9.67. The fraction of sp³-hybridized carbons (Fsp3) is 0.444. The minimum absolute atomic E-state index is 0.503. The quantitative estimate of drug-likeness (QED) is 0.842. The summed E-state index contributed by atoms with van der Waals surface area (Å²) in [5.74, 6) is 1.64. The molecule has 0 aliphatic heterocycles. The molecule has 108 valence electrons. The molecule has 2 aromatic carbocycles. The second kappa shape index (κ2) is 6.76. The molecule has 2 aromatic rings. The Morgan fingerprint density at radius 1 is 1.10 bits per heavy atom. The Morgan fingerprint density at radius 2 is 1.85 bits per heavy atom. The number of hydrogen-bond acceptors (Lipinski definition) is 2. The van der Waals surface area contributed by atoms with Crippen LogP contribution in [0.3, 0.4) is 0 Å². The van der Waals surface area contributed by atoms with E-state index in [0.29, 0.717) is 12.0 Å². The topological polar surface area (TPSA) is 21.3 Å². The van der Waals surface area contributed by atoms with E-state index in [9.17, 15) is 0 Å². The summed E-state index contributed by atoms with van der Waals surface area (Å²) in [6, 6.07) is 13.2. The van der Waals surface area contributed by atoms with Crippen LogP contribution in [0.4, 0.5) is 0 Å². The van der Waals surface area contributed by atoms with Crippen LogP contribution >= 0.6 is 0 Å². The number of rotatable bonds is 6. The van der Waals surface area contributed by atoms with Gasteiger partial charge in [-0.1, -0.05) is 50.6 Å². The maximum Gasteiger partial charge on any atom is 0.123 e. The molecule has 0 heterocycles. The number of hydrogen-bond donors (Lipinski definition) is 1. The van der Waals surface area contributed by atoms with Crippen molar-refractivity contribution in [2.45, 2.75) is 39.8 Å². The van der Waals surface area contributed by atoms with E-state index in [1.165, 1.54) is 22.8 Å². The average Bonchev–Trinajstić information content (AvgIpc) is 2.51. The summed E-state index contributed by atoms with van der Waals surface area (Å²) in [6.45, 7) is 7.63. The number of nitrogens with one attached hydrogen (secondary N) is 1. The Balaban J connectivity index is 2.27. The molecule has 1 N–H and O–H groups in total. The maximum absolute atomic E-state index is 5.53. The molecule has 0 saturated carbocycles. The van der Waals surface area contributed by atoms with E-state index in [4.69, 9.17) is 4.74 Å². The van der Waals surface area contributed by atoms with Gasteiger partial charge in [-0.2, -0.15) is 0 Å². The summed E-state index contributed by atoms with van der Waals surface area (Å²) in [5, 5.41) is 6.18. The van der Waals surface area contributed by atoms with E-state index < -0.39 is 0 Å². The van der Waals surface area contributed by atoms with Crippen LogP contribution < -0.4 is 10.1 Å². The van der Waals surface area contributed by atoms with Gasteiger partial charge in [0, 0.05) is 18.2 Å². The number of ether oxygens (including phenoxy) is 1. The minimum Gasteiger partial charge on any atom is -0.496 e. The van der Waals surface area contributed by atoms with E-state index in [2.05, 4.69) is 62.5 Å². The van der Waals surface area contributed by atoms with Gasteiger partial charge in [0.1, 0.15) is 5.75 Å². The predicted molar refractivity (Wildman–Crippen MR) is 86.3 cm³/mol. The summed E-state index contributed by atoms with van der Waals surface area (Å²) in [7, 11) is 1.74. The van der Waals surface area contributed by atoms with Crippen LogP contribution in [0.5, 0.6) is 5.75 Å². The Bertz CT molecular complexity index is 564. The van der Waals surface area contributed by atoms with Crippen LogP contribution in [0.25, 0.3) is 10.8 Å². The monoisotopic (exact) mass is 271 g/mol. The van der Waals surface area contributed by atoms with E-state index in [1.807, 2.05) is 0 Å². The van der Waals surface area contributed by atoms with Gasteiger partial charge in [-0.3, -0.25) is 0 Å². The third kappa shape index (κ3) is 3.13. The van der Waals surface area contributed by atoms with Crippen LogP contribution in [0.15, 0.2) is 36.4 Å². The number of benzene rings is 2. The second-order valence-electron chi connectivity index (χ2n) is 5.52. The van der Waals surface area contributed by atoms with Gasteiger partial charge in [-0.15, -0.1) is 0 Å². The molecule has 2 rings (SSSR count). The smallest absolute Gasteiger partial charge is 0.123 e. The summed E-state index contributed by atoms with van der Waals surface area (Å²) in [4.78, 5) is 0. The zero-order chi connectivity index (χ0) is 14.5. The van der Waals surface area contributed by atoms with Gasteiger partial charge in [0.25, 0.3) is 0 Å². The highest BCUT2D eigenvalue weighted by molar-refractivity contribution is 5.87. The number of methoxy groups -OCH3 is 1. The van der Waals surface area contributed by atoms with E-state index >= 15 is 0 Å². The standard InChI is InChI=1S/C18H25NO/c1-5-13(2)14(3)19-12-17-16-9-7-6-8-15(16)10-11-18(17)20-4/h6-11,13-14,19H,5,12H2,1-4H3. The fourth-order valence-corrected chi connectivity index (χ4v) is 2.51. The molecule has 0 aromatic heterocycles. The van der Waals surface area contributed by atoms with Crippen molar-refractivity contribution in [1.82, 2.24) is 5.32 Å². The molecule has 0 saturated heterocycles. The third-order valence-corrected chi connectivity index (χ3v) is 4.32. The van der Waals surface area contributed by atoms with Crippen LogP contribution in [0.2, 0.25) is 0 Å². The van der Waals surface area contributed by atoms with Crippen LogP contribution in [0, 0.1) is 5.92 Å². The lowest BCUT2D eigenvalue weighted by atomic mass is 9.99. The summed E-state index contributed by atoms with van der Waals surface area (Å²) in [5.41, 5.74) is 1.25. The van der Waals surface area contributed by atoms with Gasteiger partial charge in [0.2, 0.25) is 0 Å². The van der Waals surface area contributed by atoms with Crippen molar-refractivity contribution in [2.75, 3.05) is 7.11 Å². The van der Waals surface area contributed by atoms with Crippen LogP contribution in [-0.2, 0) is 6.54 Å². The van der Waals surface area contributed by atoms with Crippen LogP contribution in [-0.4, -0.2) is 13.2 Å². The van der Waals surface area contributed by atoms with Crippen molar-refractivity contribution in [3.8, 4) is 5.75 Å². The molecule has 0 aliphatic carbocycles. The largest absolute Gasteiger partial charge is 0.496 e. The Labute approximate surface area is 122 Å². The molecule has 0 amide bonds. The highest BCUT2D eigenvalue weighted by Crippen LogP contribution is 2.28.